The van der Waals surface area contributed by atoms with Gasteiger partial charge >= 0.3 is 0 Å². The lowest BCUT2D eigenvalue weighted by molar-refractivity contribution is -0.133. The predicted octanol–water partition coefficient (Wildman–Crippen LogP) is 2.60. The fraction of sp³-hybridized carbons (Fsp3) is 0.650. The van der Waals surface area contributed by atoms with E-state index in [0.717, 1.165) is 43.9 Å². The van der Waals surface area contributed by atoms with Gasteiger partial charge in [0.2, 0.25) is 5.91 Å². The van der Waals surface area contributed by atoms with E-state index in [0.29, 0.717) is 31.9 Å². The first-order chi connectivity index (χ1) is 12.7. The fourth-order valence-corrected chi connectivity index (χ4v) is 3.01. The zero-order valence-electron chi connectivity index (χ0n) is 16.3. The third-order valence-electron chi connectivity index (χ3n) is 4.33. The number of ether oxygens (including phenoxy) is 3. The summed E-state index contributed by atoms with van der Waals surface area (Å²) in [6.07, 6.45) is 2.34. The van der Waals surface area contributed by atoms with Crippen LogP contribution in [0.5, 0.6) is 11.5 Å². The molecule has 26 heavy (non-hydrogen) atoms. The Hall–Kier alpha value is -1.79. The Morgan fingerprint density at radius 3 is 2.81 bits per heavy atom. The molecule has 1 amide bonds. The Labute approximate surface area is 156 Å². The van der Waals surface area contributed by atoms with Gasteiger partial charge in [0.1, 0.15) is 0 Å². The van der Waals surface area contributed by atoms with E-state index in [2.05, 4.69) is 19.2 Å². The van der Waals surface area contributed by atoms with Crippen LogP contribution in [-0.2, 0) is 16.1 Å². The number of morpholine rings is 1. The highest BCUT2D eigenvalue weighted by Crippen LogP contribution is 2.28. The first-order valence-corrected chi connectivity index (χ1v) is 9.56. The van der Waals surface area contributed by atoms with Crippen molar-refractivity contribution in [2.75, 3.05) is 40.0 Å². The summed E-state index contributed by atoms with van der Waals surface area (Å²) in [6, 6.07) is 6.00. The number of hydrogen-bond acceptors (Lipinski definition) is 5. The Kier molecular flexibility index (Phi) is 8.71. The minimum Gasteiger partial charge on any atom is -0.493 e. The molecular formula is C20H32N2O4. The molecule has 0 bridgehead atoms. The quantitative estimate of drug-likeness (QED) is 0.691. The van der Waals surface area contributed by atoms with Gasteiger partial charge in [-0.3, -0.25) is 4.79 Å². The number of methoxy groups -OCH3 is 1. The van der Waals surface area contributed by atoms with E-state index >= 15 is 0 Å². The zero-order chi connectivity index (χ0) is 18.8. The third kappa shape index (κ3) is 6.18. The van der Waals surface area contributed by atoms with Crippen molar-refractivity contribution in [3.63, 3.8) is 0 Å². The van der Waals surface area contributed by atoms with Crippen LogP contribution in [0.15, 0.2) is 18.2 Å². The van der Waals surface area contributed by atoms with Crippen LogP contribution in [0.3, 0.4) is 0 Å². The van der Waals surface area contributed by atoms with Gasteiger partial charge in [0.05, 0.1) is 26.9 Å². The normalized spacial score (nSPS) is 17.0. The second-order valence-corrected chi connectivity index (χ2v) is 6.58. The molecule has 1 aliphatic rings. The molecule has 6 heteroatoms. The molecule has 1 saturated heterocycles. The standard InChI is InChI=1S/C20H32N2O4/c1-4-9-22(20(23)13-17-15-25-11-8-21-17)14-16-6-7-18(26-10-5-2)19(12-16)24-3/h6-7,12,17,21H,4-5,8-11,13-15H2,1-3H3. The van der Waals surface area contributed by atoms with E-state index in [1.165, 1.54) is 0 Å². The average molecular weight is 364 g/mol. The van der Waals surface area contributed by atoms with Crippen molar-refractivity contribution in [3.05, 3.63) is 23.8 Å². The number of carbonyl (C=O) groups excluding carboxylic acids is 1. The van der Waals surface area contributed by atoms with Gasteiger partial charge in [-0.1, -0.05) is 19.9 Å². The van der Waals surface area contributed by atoms with Gasteiger partial charge < -0.3 is 24.4 Å². The lowest BCUT2D eigenvalue weighted by Gasteiger charge is -2.28. The van der Waals surface area contributed by atoms with E-state index in [4.69, 9.17) is 14.2 Å². The number of amides is 1. The van der Waals surface area contributed by atoms with Crippen molar-refractivity contribution in [1.82, 2.24) is 10.2 Å². The maximum atomic E-state index is 12.7. The molecule has 2 rings (SSSR count). The largest absolute Gasteiger partial charge is 0.493 e. The van der Waals surface area contributed by atoms with E-state index in [-0.39, 0.29) is 11.9 Å². The highest BCUT2D eigenvalue weighted by Gasteiger charge is 2.21. The smallest absolute Gasteiger partial charge is 0.224 e. The van der Waals surface area contributed by atoms with Gasteiger partial charge in [-0.25, -0.2) is 0 Å². The summed E-state index contributed by atoms with van der Waals surface area (Å²) in [6.45, 7) is 8.26. The summed E-state index contributed by atoms with van der Waals surface area (Å²) in [5.41, 5.74) is 1.04. The molecule has 1 N–H and O–H groups in total. The molecule has 0 aliphatic carbocycles. The fourth-order valence-electron chi connectivity index (χ4n) is 3.01. The lowest BCUT2D eigenvalue weighted by Crippen LogP contribution is -2.45. The SMILES string of the molecule is CCCOc1ccc(CN(CCC)C(=O)CC2COCCN2)cc1OC. The summed E-state index contributed by atoms with van der Waals surface area (Å²) in [7, 11) is 1.64. The maximum Gasteiger partial charge on any atom is 0.224 e. The molecule has 6 nitrogen and oxygen atoms in total. The van der Waals surface area contributed by atoms with Gasteiger partial charge in [0.15, 0.2) is 11.5 Å². The molecular weight excluding hydrogens is 332 g/mol. The highest BCUT2D eigenvalue weighted by molar-refractivity contribution is 5.77. The Balaban J connectivity index is 2.02. The third-order valence-corrected chi connectivity index (χ3v) is 4.33. The first-order valence-electron chi connectivity index (χ1n) is 9.56. The first kappa shape index (κ1) is 20.5. The van der Waals surface area contributed by atoms with E-state index in [1.807, 2.05) is 23.1 Å². The Bertz CT molecular complexity index is 559. The number of rotatable bonds is 10. The average Bonchev–Trinajstić information content (AvgIpc) is 2.67. The number of carbonyl (C=O) groups is 1. The van der Waals surface area contributed by atoms with Crippen LogP contribution in [0.25, 0.3) is 0 Å². The monoisotopic (exact) mass is 364 g/mol. The summed E-state index contributed by atoms with van der Waals surface area (Å²) in [5.74, 6) is 1.61. The van der Waals surface area contributed by atoms with Crippen molar-refractivity contribution < 1.29 is 19.0 Å². The predicted molar refractivity (Wildman–Crippen MR) is 102 cm³/mol. The maximum absolute atomic E-state index is 12.7. The van der Waals surface area contributed by atoms with Crippen molar-refractivity contribution in [1.29, 1.82) is 0 Å². The van der Waals surface area contributed by atoms with Crippen LogP contribution >= 0.6 is 0 Å². The summed E-state index contributed by atoms with van der Waals surface area (Å²) in [5, 5.41) is 3.35. The molecule has 0 saturated carbocycles. The second-order valence-electron chi connectivity index (χ2n) is 6.58. The lowest BCUT2D eigenvalue weighted by atomic mass is 10.1. The van der Waals surface area contributed by atoms with Crippen molar-refractivity contribution in [2.24, 2.45) is 0 Å². The molecule has 1 fully saturated rings. The molecule has 1 aliphatic heterocycles. The number of nitrogens with one attached hydrogen (secondary N) is 1. The van der Waals surface area contributed by atoms with Crippen molar-refractivity contribution in [2.45, 2.75) is 45.7 Å². The Morgan fingerprint density at radius 1 is 1.31 bits per heavy atom. The zero-order valence-corrected chi connectivity index (χ0v) is 16.3. The van der Waals surface area contributed by atoms with E-state index < -0.39 is 0 Å². The summed E-state index contributed by atoms with van der Waals surface area (Å²) in [4.78, 5) is 14.7. The molecule has 1 aromatic carbocycles. The Morgan fingerprint density at radius 2 is 2.15 bits per heavy atom. The number of benzene rings is 1. The molecule has 0 spiro atoms. The molecule has 1 heterocycles. The van der Waals surface area contributed by atoms with Gasteiger partial charge in [-0.15, -0.1) is 0 Å². The van der Waals surface area contributed by atoms with Crippen LogP contribution in [0.1, 0.15) is 38.7 Å². The molecule has 0 aromatic heterocycles. The number of hydrogen-bond donors (Lipinski definition) is 1. The minimum atomic E-state index is 0.106. The van der Waals surface area contributed by atoms with Gasteiger partial charge in [-0.05, 0) is 30.5 Å². The molecule has 1 atom stereocenters. The summed E-state index contributed by atoms with van der Waals surface area (Å²) >= 11 is 0. The van der Waals surface area contributed by atoms with E-state index in [9.17, 15) is 4.79 Å². The van der Waals surface area contributed by atoms with Crippen LogP contribution in [0, 0.1) is 0 Å². The van der Waals surface area contributed by atoms with Gasteiger partial charge in [0, 0.05) is 32.1 Å². The van der Waals surface area contributed by atoms with Crippen LogP contribution in [0.4, 0.5) is 0 Å². The molecule has 1 aromatic rings. The van der Waals surface area contributed by atoms with Crippen LogP contribution in [-0.4, -0.2) is 56.9 Å². The highest BCUT2D eigenvalue weighted by atomic mass is 16.5. The number of nitrogens with zero attached hydrogens (tertiary/aromatic N) is 1. The molecule has 0 radical (unpaired) electrons. The van der Waals surface area contributed by atoms with Crippen LogP contribution in [0.2, 0.25) is 0 Å². The van der Waals surface area contributed by atoms with Crippen LogP contribution < -0.4 is 14.8 Å². The summed E-state index contributed by atoms with van der Waals surface area (Å²) < 4.78 is 16.6. The minimum absolute atomic E-state index is 0.106. The molecule has 1 unspecified atom stereocenters. The second kappa shape index (κ2) is 11.0. The van der Waals surface area contributed by atoms with Gasteiger partial charge in [-0.2, -0.15) is 0 Å². The molecule has 146 valence electrons. The van der Waals surface area contributed by atoms with E-state index in [1.54, 1.807) is 7.11 Å². The topological polar surface area (TPSA) is 60.0 Å². The van der Waals surface area contributed by atoms with Gasteiger partial charge in [0.25, 0.3) is 0 Å². The van der Waals surface area contributed by atoms with Crippen molar-refractivity contribution in [3.8, 4) is 11.5 Å². The van der Waals surface area contributed by atoms with Crippen molar-refractivity contribution >= 4 is 5.91 Å².